The average Bonchev–Trinajstić information content (AvgIpc) is 2.34. The van der Waals surface area contributed by atoms with Crippen LogP contribution < -0.4 is 0 Å². The summed E-state index contributed by atoms with van der Waals surface area (Å²) in [6.07, 6.45) is 2.50. The summed E-state index contributed by atoms with van der Waals surface area (Å²) in [4.78, 5) is 13.8. The van der Waals surface area contributed by atoms with Crippen LogP contribution in [-0.4, -0.2) is 23.9 Å². The molecule has 0 bridgehead atoms. The van der Waals surface area contributed by atoms with E-state index in [1.807, 2.05) is 30.0 Å². The Morgan fingerprint density at radius 3 is 2.44 bits per heavy atom. The van der Waals surface area contributed by atoms with Crippen LogP contribution in [-0.2, 0) is 11.2 Å². The molecule has 0 saturated heterocycles. The van der Waals surface area contributed by atoms with Gasteiger partial charge in [-0.05, 0) is 25.3 Å². The van der Waals surface area contributed by atoms with Crippen molar-refractivity contribution in [3.63, 3.8) is 0 Å². The Kier molecular flexibility index (Phi) is 5.62. The van der Waals surface area contributed by atoms with Crippen LogP contribution in [0.3, 0.4) is 0 Å². The largest absolute Gasteiger partial charge is 0.343 e. The number of carbonyl (C=O) groups is 1. The molecule has 0 atom stereocenters. The van der Waals surface area contributed by atoms with Gasteiger partial charge < -0.3 is 4.90 Å². The second-order valence-electron chi connectivity index (χ2n) is 3.96. The number of aryl methyl sites for hydroxylation is 1. The summed E-state index contributed by atoms with van der Waals surface area (Å²) in [5.41, 5.74) is 1.24. The number of benzene rings is 1. The molecule has 0 saturated carbocycles. The standard InChI is InChI=1S/C14H21NO/c1-3-12-15(4-2)14(16)11-10-13-8-6-5-7-9-13/h5-9H,3-4,10-12H2,1-2H3. The van der Waals surface area contributed by atoms with Crippen molar-refractivity contribution in [1.82, 2.24) is 4.90 Å². The number of nitrogens with zero attached hydrogens (tertiary/aromatic N) is 1. The van der Waals surface area contributed by atoms with E-state index in [-0.39, 0.29) is 5.91 Å². The third-order valence-corrected chi connectivity index (χ3v) is 2.70. The molecule has 0 unspecified atom stereocenters. The van der Waals surface area contributed by atoms with E-state index in [0.29, 0.717) is 6.42 Å². The van der Waals surface area contributed by atoms with Crippen LogP contribution in [0.4, 0.5) is 0 Å². The number of rotatable bonds is 6. The number of carbonyl (C=O) groups excluding carboxylic acids is 1. The Morgan fingerprint density at radius 1 is 1.19 bits per heavy atom. The average molecular weight is 219 g/mol. The van der Waals surface area contributed by atoms with Gasteiger partial charge in [-0.3, -0.25) is 4.79 Å². The topological polar surface area (TPSA) is 20.3 Å². The summed E-state index contributed by atoms with van der Waals surface area (Å²) in [6.45, 7) is 5.84. The highest BCUT2D eigenvalue weighted by atomic mass is 16.2. The highest BCUT2D eigenvalue weighted by Gasteiger charge is 2.09. The van der Waals surface area contributed by atoms with Gasteiger partial charge in [0.1, 0.15) is 0 Å². The molecule has 2 heteroatoms. The van der Waals surface area contributed by atoms with Crippen LogP contribution in [0.25, 0.3) is 0 Å². The summed E-state index contributed by atoms with van der Waals surface area (Å²) in [6, 6.07) is 10.2. The lowest BCUT2D eigenvalue weighted by Gasteiger charge is -2.19. The lowest BCUT2D eigenvalue weighted by Crippen LogP contribution is -2.31. The third-order valence-electron chi connectivity index (χ3n) is 2.70. The van der Waals surface area contributed by atoms with E-state index in [9.17, 15) is 4.79 Å². The fourth-order valence-corrected chi connectivity index (χ4v) is 1.78. The minimum atomic E-state index is 0.271. The first-order chi connectivity index (χ1) is 7.77. The summed E-state index contributed by atoms with van der Waals surface area (Å²) in [5.74, 6) is 0.271. The molecule has 0 fully saturated rings. The minimum absolute atomic E-state index is 0.271. The molecule has 0 aliphatic carbocycles. The van der Waals surface area contributed by atoms with Crippen molar-refractivity contribution in [2.24, 2.45) is 0 Å². The van der Waals surface area contributed by atoms with Gasteiger partial charge in [0.2, 0.25) is 5.91 Å². The second kappa shape index (κ2) is 7.04. The maximum Gasteiger partial charge on any atom is 0.222 e. The van der Waals surface area contributed by atoms with Gasteiger partial charge in [-0.1, -0.05) is 37.3 Å². The van der Waals surface area contributed by atoms with Crippen LogP contribution in [0.5, 0.6) is 0 Å². The van der Waals surface area contributed by atoms with Gasteiger partial charge in [0, 0.05) is 19.5 Å². The first-order valence-corrected chi connectivity index (χ1v) is 6.09. The number of amides is 1. The fourth-order valence-electron chi connectivity index (χ4n) is 1.78. The molecular weight excluding hydrogens is 198 g/mol. The van der Waals surface area contributed by atoms with E-state index in [4.69, 9.17) is 0 Å². The highest BCUT2D eigenvalue weighted by molar-refractivity contribution is 5.76. The predicted octanol–water partition coefficient (Wildman–Crippen LogP) is 2.88. The zero-order valence-electron chi connectivity index (χ0n) is 10.3. The van der Waals surface area contributed by atoms with Gasteiger partial charge in [0.05, 0.1) is 0 Å². The molecule has 88 valence electrons. The van der Waals surface area contributed by atoms with Gasteiger partial charge in [-0.15, -0.1) is 0 Å². The van der Waals surface area contributed by atoms with Gasteiger partial charge >= 0.3 is 0 Å². The normalized spacial score (nSPS) is 10.1. The van der Waals surface area contributed by atoms with E-state index < -0.39 is 0 Å². The van der Waals surface area contributed by atoms with Gasteiger partial charge in [-0.2, -0.15) is 0 Å². The van der Waals surface area contributed by atoms with Crippen molar-refractivity contribution in [2.75, 3.05) is 13.1 Å². The first kappa shape index (κ1) is 12.8. The lowest BCUT2D eigenvalue weighted by atomic mass is 10.1. The molecule has 0 heterocycles. The van der Waals surface area contributed by atoms with E-state index in [0.717, 1.165) is 25.9 Å². The predicted molar refractivity (Wildman–Crippen MR) is 67.3 cm³/mol. The molecule has 1 rings (SSSR count). The lowest BCUT2D eigenvalue weighted by molar-refractivity contribution is -0.131. The molecule has 0 aliphatic heterocycles. The quantitative estimate of drug-likeness (QED) is 0.720. The smallest absolute Gasteiger partial charge is 0.222 e. The molecule has 0 radical (unpaired) electrons. The summed E-state index contributed by atoms with van der Waals surface area (Å²) in [7, 11) is 0. The van der Waals surface area contributed by atoms with Crippen LogP contribution >= 0.6 is 0 Å². The molecule has 1 aromatic rings. The third kappa shape index (κ3) is 4.05. The molecular formula is C14H21NO. The Bertz CT molecular complexity index is 308. The Hall–Kier alpha value is -1.31. The van der Waals surface area contributed by atoms with Gasteiger partial charge in [0.25, 0.3) is 0 Å². The molecule has 1 aromatic carbocycles. The highest BCUT2D eigenvalue weighted by Crippen LogP contribution is 2.05. The molecule has 1 amide bonds. The fraction of sp³-hybridized carbons (Fsp3) is 0.500. The summed E-state index contributed by atoms with van der Waals surface area (Å²) in [5, 5.41) is 0. The SMILES string of the molecule is CCCN(CC)C(=O)CCc1ccccc1. The van der Waals surface area contributed by atoms with Gasteiger partial charge in [0.15, 0.2) is 0 Å². The zero-order chi connectivity index (χ0) is 11.8. The molecule has 16 heavy (non-hydrogen) atoms. The maximum absolute atomic E-state index is 11.9. The number of hydrogen-bond acceptors (Lipinski definition) is 1. The summed E-state index contributed by atoms with van der Waals surface area (Å²) >= 11 is 0. The monoisotopic (exact) mass is 219 g/mol. The van der Waals surface area contributed by atoms with Crippen LogP contribution in [0.2, 0.25) is 0 Å². The maximum atomic E-state index is 11.9. The minimum Gasteiger partial charge on any atom is -0.343 e. The molecule has 0 N–H and O–H groups in total. The van der Waals surface area contributed by atoms with Crippen LogP contribution in [0, 0.1) is 0 Å². The Balaban J connectivity index is 2.40. The van der Waals surface area contributed by atoms with Crippen molar-refractivity contribution in [3.05, 3.63) is 35.9 Å². The number of hydrogen-bond donors (Lipinski definition) is 0. The Morgan fingerprint density at radius 2 is 1.88 bits per heavy atom. The van der Waals surface area contributed by atoms with Crippen molar-refractivity contribution in [2.45, 2.75) is 33.1 Å². The van der Waals surface area contributed by atoms with Crippen molar-refractivity contribution >= 4 is 5.91 Å². The van der Waals surface area contributed by atoms with Crippen LogP contribution in [0.15, 0.2) is 30.3 Å². The van der Waals surface area contributed by atoms with E-state index >= 15 is 0 Å². The summed E-state index contributed by atoms with van der Waals surface area (Å²) < 4.78 is 0. The Labute approximate surface area is 98.3 Å². The molecule has 2 nitrogen and oxygen atoms in total. The van der Waals surface area contributed by atoms with E-state index in [1.54, 1.807) is 0 Å². The molecule has 0 spiro atoms. The first-order valence-electron chi connectivity index (χ1n) is 6.09. The second-order valence-corrected chi connectivity index (χ2v) is 3.96. The van der Waals surface area contributed by atoms with E-state index in [1.165, 1.54) is 5.56 Å². The van der Waals surface area contributed by atoms with Crippen molar-refractivity contribution in [1.29, 1.82) is 0 Å². The van der Waals surface area contributed by atoms with Crippen molar-refractivity contribution in [3.8, 4) is 0 Å². The zero-order valence-corrected chi connectivity index (χ0v) is 10.3. The van der Waals surface area contributed by atoms with Gasteiger partial charge in [-0.25, -0.2) is 0 Å². The molecule has 0 aliphatic rings. The van der Waals surface area contributed by atoms with Crippen molar-refractivity contribution < 1.29 is 4.79 Å². The van der Waals surface area contributed by atoms with Crippen LogP contribution in [0.1, 0.15) is 32.3 Å². The van der Waals surface area contributed by atoms with E-state index in [2.05, 4.69) is 19.1 Å². The molecule has 0 aromatic heterocycles.